The van der Waals surface area contributed by atoms with Gasteiger partial charge in [0, 0.05) is 11.1 Å². The van der Waals surface area contributed by atoms with Gasteiger partial charge in [-0.1, -0.05) is 83.9 Å². The van der Waals surface area contributed by atoms with Crippen LogP contribution in [0, 0.1) is 13.8 Å². The summed E-state index contributed by atoms with van der Waals surface area (Å²) in [4.78, 5) is 21.6. The van der Waals surface area contributed by atoms with Gasteiger partial charge < -0.3 is 19.8 Å². The van der Waals surface area contributed by atoms with E-state index in [-0.39, 0.29) is 38.8 Å². The molecule has 4 rings (SSSR count). The molecule has 0 spiro atoms. The zero-order valence-electron chi connectivity index (χ0n) is 16.3. The van der Waals surface area contributed by atoms with Crippen molar-refractivity contribution >= 4 is 33.5 Å². The number of aromatic carboxylic acids is 2. The number of aryl methyl sites for hydroxylation is 2. The summed E-state index contributed by atoms with van der Waals surface area (Å²) in [6.45, 7) is 3.95. The first kappa shape index (κ1) is 22.6. The van der Waals surface area contributed by atoms with E-state index in [1.54, 1.807) is 24.3 Å². The Morgan fingerprint density at radius 1 is 0.621 bits per heavy atom. The van der Waals surface area contributed by atoms with E-state index in [0.29, 0.717) is 0 Å². The molecule has 0 saturated heterocycles. The first-order valence-electron chi connectivity index (χ1n) is 8.78. The molecule has 0 aliphatic heterocycles. The van der Waals surface area contributed by atoms with E-state index in [1.165, 1.54) is 0 Å². The second-order valence-electron chi connectivity index (χ2n) is 6.64. The van der Waals surface area contributed by atoms with Crippen LogP contribution in [0.2, 0.25) is 0 Å². The minimum absolute atomic E-state index is 0. The molecule has 140 valence electrons. The number of hydrogen-bond acceptors (Lipinski definition) is 4. The van der Waals surface area contributed by atoms with Gasteiger partial charge in [0.05, 0.1) is 11.9 Å². The van der Waals surface area contributed by atoms with Gasteiger partial charge in [0.25, 0.3) is 0 Å². The van der Waals surface area contributed by atoms with Gasteiger partial charge in [-0.2, -0.15) is 0 Å². The van der Waals surface area contributed by atoms with Crippen molar-refractivity contribution in [1.29, 1.82) is 0 Å². The first-order chi connectivity index (χ1) is 13.4. The summed E-state index contributed by atoms with van der Waals surface area (Å²) in [7, 11) is 0. The third-order valence-corrected chi connectivity index (χ3v) is 4.51. The van der Waals surface area contributed by atoms with Gasteiger partial charge in [0.2, 0.25) is 0 Å². The van der Waals surface area contributed by atoms with Crippen LogP contribution >= 0.6 is 0 Å². The fourth-order valence-electron chi connectivity index (χ4n) is 3.16. The number of carboxylic acids is 2. The van der Waals surface area contributed by atoms with Gasteiger partial charge in [0.1, 0.15) is 0 Å². The molecular formula is C24H18HgO4. The summed E-state index contributed by atoms with van der Waals surface area (Å²) >= 11 is 0. The standard InChI is InChI=1S/2C12H10O2.Hg/c2*1-8-5-6-10-9(7-8)3-2-4-11(10)12(13)14;/h2*2-7H,1H3,(H,13,14);/q;;+2/p-2. The number of benzene rings is 4. The zero-order valence-corrected chi connectivity index (χ0v) is 21.8. The smallest absolute Gasteiger partial charge is 0.545 e. The molecule has 0 unspecified atom stereocenters. The number of carboxylic acid groups (broad SMARTS) is 2. The molecular weight excluding hydrogens is 553 g/mol. The zero-order chi connectivity index (χ0) is 20.3. The molecule has 0 bridgehead atoms. The van der Waals surface area contributed by atoms with Gasteiger partial charge in [-0.25, -0.2) is 0 Å². The van der Waals surface area contributed by atoms with E-state index < -0.39 is 11.9 Å². The second kappa shape index (κ2) is 9.66. The van der Waals surface area contributed by atoms with Crippen molar-refractivity contribution in [3.05, 3.63) is 95.1 Å². The normalized spacial score (nSPS) is 10.0. The molecule has 0 heterocycles. The van der Waals surface area contributed by atoms with Gasteiger partial charge in [-0.05, 0) is 35.4 Å². The molecule has 0 aromatic heterocycles. The van der Waals surface area contributed by atoms with E-state index >= 15 is 0 Å². The Morgan fingerprint density at radius 3 is 1.34 bits per heavy atom. The van der Waals surface area contributed by atoms with Crippen LogP contribution in [0.3, 0.4) is 0 Å². The maximum atomic E-state index is 10.8. The summed E-state index contributed by atoms with van der Waals surface area (Å²) in [5.41, 5.74) is 2.74. The van der Waals surface area contributed by atoms with Crippen LogP contribution in [-0.2, 0) is 27.7 Å². The molecule has 0 aliphatic carbocycles. The van der Waals surface area contributed by atoms with E-state index in [2.05, 4.69) is 0 Å². The van der Waals surface area contributed by atoms with Crippen LogP contribution in [0.4, 0.5) is 0 Å². The van der Waals surface area contributed by atoms with Crippen LogP contribution in [-0.4, -0.2) is 11.9 Å². The van der Waals surface area contributed by atoms with E-state index in [0.717, 1.165) is 32.7 Å². The van der Waals surface area contributed by atoms with Crippen LogP contribution in [0.1, 0.15) is 31.8 Å². The largest absolute Gasteiger partial charge is 2.00 e. The third-order valence-electron chi connectivity index (χ3n) is 4.51. The van der Waals surface area contributed by atoms with Gasteiger partial charge >= 0.3 is 27.7 Å². The first-order valence-corrected chi connectivity index (χ1v) is 8.78. The molecule has 5 heteroatoms. The molecule has 4 nitrogen and oxygen atoms in total. The van der Waals surface area contributed by atoms with Crippen molar-refractivity contribution in [2.45, 2.75) is 13.8 Å². The molecule has 0 fully saturated rings. The number of carbonyl (C=O) groups is 2. The fraction of sp³-hybridized carbons (Fsp3) is 0.0833. The van der Waals surface area contributed by atoms with Crippen molar-refractivity contribution in [2.24, 2.45) is 0 Å². The van der Waals surface area contributed by atoms with Gasteiger partial charge in [-0.15, -0.1) is 0 Å². The Bertz CT molecular complexity index is 1100. The Hall–Kier alpha value is -2.72. The summed E-state index contributed by atoms with van der Waals surface area (Å²) < 4.78 is 0. The quantitative estimate of drug-likeness (QED) is 0.347. The summed E-state index contributed by atoms with van der Waals surface area (Å²) in [6, 6.07) is 21.7. The van der Waals surface area contributed by atoms with Gasteiger partial charge in [-0.3, -0.25) is 0 Å². The average molecular weight is 571 g/mol. The minimum atomic E-state index is -1.13. The summed E-state index contributed by atoms with van der Waals surface area (Å²) in [6.07, 6.45) is 0. The second-order valence-corrected chi connectivity index (χ2v) is 6.64. The number of fused-ring (bicyclic) bond motifs is 2. The topological polar surface area (TPSA) is 80.3 Å². The molecule has 0 amide bonds. The maximum Gasteiger partial charge on any atom is 2.00 e. The maximum absolute atomic E-state index is 10.8. The molecule has 0 atom stereocenters. The summed E-state index contributed by atoms with van der Waals surface area (Å²) in [5.74, 6) is -2.25. The molecule has 29 heavy (non-hydrogen) atoms. The molecule has 4 aromatic rings. The molecule has 0 saturated carbocycles. The van der Waals surface area contributed by atoms with Crippen molar-refractivity contribution in [2.75, 3.05) is 0 Å². The van der Waals surface area contributed by atoms with E-state index in [1.807, 2.05) is 62.4 Å². The number of hydrogen-bond donors (Lipinski definition) is 0. The fourth-order valence-corrected chi connectivity index (χ4v) is 3.16. The molecule has 0 N–H and O–H groups in total. The Labute approximate surface area is 189 Å². The third kappa shape index (κ3) is 5.21. The van der Waals surface area contributed by atoms with Gasteiger partial charge in [0.15, 0.2) is 0 Å². The average Bonchev–Trinajstić information content (AvgIpc) is 2.66. The Morgan fingerprint density at radius 2 is 1.00 bits per heavy atom. The Kier molecular flexibility index (Phi) is 7.51. The van der Waals surface area contributed by atoms with Crippen molar-refractivity contribution in [3.8, 4) is 0 Å². The SMILES string of the molecule is Cc1ccc2c(C(=O)[O-])cccc2c1.Cc1ccc2c(C(=O)[O-])cccc2c1.[Hg+2]. The minimum Gasteiger partial charge on any atom is -0.545 e. The van der Waals surface area contributed by atoms with Crippen molar-refractivity contribution in [3.63, 3.8) is 0 Å². The monoisotopic (exact) mass is 572 g/mol. The predicted molar refractivity (Wildman–Crippen MR) is 106 cm³/mol. The van der Waals surface area contributed by atoms with Crippen LogP contribution in [0.25, 0.3) is 21.5 Å². The van der Waals surface area contributed by atoms with Crippen molar-refractivity contribution in [1.82, 2.24) is 0 Å². The van der Waals surface area contributed by atoms with Crippen molar-refractivity contribution < 1.29 is 47.5 Å². The van der Waals surface area contributed by atoms with E-state index in [9.17, 15) is 19.8 Å². The van der Waals surface area contributed by atoms with Crippen LogP contribution in [0.15, 0.2) is 72.8 Å². The molecule has 0 aliphatic rings. The van der Waals surface area contributed by atoms with Crippen LogP contribution < -0.4 is 10.2 Å². The number of carbonyl (C=O) groups excluding carboxylic acids is 2. The molecule has 4 aromatic carbocycles. The summed E-state index contributed by atoms with van der Waals surface area (Å²) in [5, 5.41) is 24.9. The Balaban J connectivity index is 0.000000200. The predicted octanol–water partition coefficient (Wildman–Crippen LogP) is 3.02. The van der Waals surface area contributed by atoms with Crippen LogP contribution in [0.5, 0.6) is 0 Å². The van der Waals surface area contributed by atoms with E-state index in [4.69, 9.17) is 0 Å². The molecule has 0 radical (unpaired) electrons. The number of rotatable bonds is 2.